The lowest BCUT2D eigenvalue weighted by atomic mass is 10.0. The number of benzene rings is 2. The molecule has 0 bridgehead atoms. The van der Waals surface area contributed by atoms with Crippen molar-refractivity contribution in [1.29, 1.82) is 0 Å². The Bertz CT molecular complexity index is 999. The second kappa shape index (κ2) is 9.39. The molecular formula is C24H27N3O2S. The Morgan fingerprint density at radius 1 is 1.13 bits per heavy atom. The standard InChI is InChI=1S/C24H27N3O2S/c1-3-4-8-15-29-20-13-11-18(12-14-20)23-22-17(2)26-27(19-9-6-5-7-10-19)24(22)25-21(28)16-30-23/h5-7,9-14,23H,3-4,8,15-16H2,1-2H3,(H,25,28)/t23-/m1/s1. The van der Waals surface area contributed by atoms with Crippen molar-refractivity contribution in [3.05, 3.63) is 71.4 Å². The van der Waals surface area contributed by atoms with Crippen LogP contribution in [-0.4, -0.2) is 28.0 Å². The Balaban J connectivity index is 1.64. The second-order valence-electron chi connectivity index (χ2n) is 7.46. The van der Waals surface area contributed by atoms with Crippen LogP contribution in [0.5, 0.6) is 5.75 Å². The topological polar surface area (TPSA) is 56.1 Å². The number of hydrogen-bond donors (Lipinski definition) is 1. The molecule has 4 rings (SSSR count). The molecule has 6 heteroatoms. The van der Waals surface area contributed by atoms with Gasteiger partial charge in [0.25, 0.3) is 0 Å². The van der Waals surface area contributed by atoms with Crippen molar-refractivity contribution in [3.8, 4) is 11.4 Å². The number of aryl methyl sites for hydroxylation is 1. The van der Waals surface area contributed by atoms with Gasteiger partial charge in [0.05, 0.1) is 29.0 Å². The third-order valence-corrected chi connectivity index (χ3v) is 6.48. The van der Waals surface area contributed by atoms with Crippen molar-refractivity contribution in [2.75, 3.05) is 17.7 Å². The van der Waals surface area contributed by atoms with Gasteiger partial charge < -0.3 is 10.1 Å². The summed E-state index contributed by atoms with van der Waals surface area (Å²) in [6, 6.07) is 18.2. The number of hydrogen-bond acceptors (Lipinski definition) is 4. The van der Waals surface area contributed by atoms with E-state index in [4.69, 9.17) is 9.84 Å². The number of nitrogens with zero attached hydrogens (tertiary/aromatic N) is 2. The van der Waals surface area contributed by atoms with Crippen LogP contribution in [-0.2, 0) is 4.79 Å². The molecule has 0 unspecified atom stereocenters. The van der Waals surface area contributed by atoms with Crippen LogP contribution >= 0.6 is 11.8 Å². The Labute approximate surface area is 181 Å². The van der Waals surface area contributed by atoms with E-state index < -0.39 is 0 Å². The predicted molar refractivity (Wildman–Crippen MR) is 123 cm³/mol. The number of carbonyl (C=O) groups is 1. The van der Waals surface area contributed by atoms with E-state index in [2.05, 4.69) is 24.4 Å². The van der Waals surface area contributed by atoms with E-state index in [9.17, 15) is 4.79 Å². The number of amides is 1. The maximum atomic E-state index is 12.4. The molecule has 0 fully saturated rings. The van der Waals surface area contributed by atoms with Gasteiger partial charge in [-0.2, -0.15) is 5.10 Å². The monoisotopic (exact) mass is 421 g/mol. The minimum Gasteiger partial charge on any atom is -0.494 e. The molecule has 1 aromatic heterocycles. The highest BCUT2D eigenvalue weighted by Gasteiger charge is 2.30. The van der Waals surface area contributed by atoms with Gasteiger partial charge >= 0.3 is 0 Å². The summed E-state index contributed by atoms with van der Waals surface area (Å²) < 4.78 is 7.70. The van der Waals surface area contributed by atoms with Crippen LogP contribution in [0.4, 0.5) is 5.82 Å². The van der Waals surface area contributed by atoms with E-state index in [0.29, 0.717) is 5.75 Å². The van der Waals surface area contributed by atoms with Gasteiger partial charge in [-0.1, -0.05) is 50.1 Å². The number of unbranched alkanes of at least 4 members (excludes halogenated alkanes) is 2. The molecule has 1 aliphatic rings. The molecular weight excluding hydrogens is 394 g/mol. The second-order valence-corrected chi connectivity index (χ2v) is 8.55. The van der Waals surface area contributed by atoms with Crippen LogP contribution in [0.15, 0.2) is 54.6 Å². The molecule has 0 aliphatic carbocycles. The number of nitrogens with one attached hydrogen (secondary N) is 1. The first-order chi connectivity index (χ1) is 14.7. The molecule has 0 radical (unpaired) electrons. The first-order valence-electron chi connectivity index (χ1n) is 10.5. The number of para-hydroxylation sites is 1. The molecule has 0 saturated heterocycles. The van der Waals surface area contributed by atoms with E-state index in [-0.39, 0.29) is 11.2 Å². The van der Waals surface area contributed by atoms with E-state index in [1.807, 2.05) is 54.1 Å². The summed E-state index contributed by atoms with van der Waals surface area (Å²) in [5.41, 5.74) is 4.07. The van der Waals surface area contributed by atoms with Gasteiger partial charge in [-0.25, -0.2) is 4.68 Å². The predicted octanol–water partition coefficient (Wildman–Crippen LogP) is 5.52. The molecule has 0 spiro atoms. The molecule has 2 aromatic carbocycles. The van der Waals surface area contributed by atoms with E-state index in [0.717, 1.165) is 47.1 Å². The number of carbonyl (C=O) groups excluding carboxylic acids is 1. The molecule has 0 saturated carbocycles. The molecule has 30 heavy (non-hydrogen) atoms. The Morgan fingerprint density at radius 3 is 2.63 bits per heavy atom. The van der Waals surface area contributed by atoms with Gasteiger partial charge in [0.1, 0.15) is 11.6 Å². The summed E-state index contributed by atoms with van der Waals surface area (Å²) in [4.78, 5) is 12.4. The SMILES string of the molecule is CCCCCOc1ccc([C@H]2SCC(=O)Nc3c2c(C)nn3-c2ccccc2)cc1. The fourth-order valence-electron chi connectivity index (χ4n) is 3.68. The van der Waals surface area contributed by atoms with Crippen molar-refractivity contribution in [2.24, 2.45) is 0 Å². The summed E-state index contributed by atoms with van der Waals surface area (Å²) in [6.45, 7) is 4.94. The van der Waals surface area contributed by atoms with Gasteiger partial charge in [-0.05, 0) is 43.2 Å². The van der Waals surface area contributed by atoms with Crippen molar-refractivity contribution < 1.29 is 9.53 Å². The minimum absolute atomic E-state index is 0.00305. The van der Waals surface area contributed by atoms with Crippen LogP contribution < -0.4 is 10.1 Å². The number of fused-ring (bicyclic) bond motifs is 1. The molecule has 2 heterocycles. The lowest BCUT2D eigenvalue weighted by Gasteiger charge is -2.16. The number of anilines is 1. The van der Waals surface area contributed by atoms with Gasteiger partial charge in [-0.3, -0.25) is 4.79 Å². The Kier molecular flexibility index (Phi) is 6.43. The normalized spacial score (nSPS) is 15.9. The first-order valence-corrected chi connectivity index (χ1v) is 11.5. The number of rotatable bonds is 7. The largest absolute Gasteiger partial charge is 0.494 e. The Morgan fingerprint density at radius 2 is 1.90 bits per heavy atom. The summed E-state index contributed by atoms with van der Waals surface area (Å²) >= 11 is 1.63. The molecule has 156 valence electrons. The maximum Gasteiger partial charge on any atom is 0.235 e. The van der Waals surface area contributed by atoms with E-state index >= 15 is 0 Å². The van der Waals surface area contributed by atoms with Crippen LogP contribution in [0, 0.1) is 6.92 Å². The maximum absolute atomic E-state index is 12.4. The highest BCUT2D eigenvalue weighted by Crippen LogP contribution is 2.44. The molecule has 1 N–H and O–H groups in total. The average molecular weight is 422 g/mol. The lowest BCUT2D eigenvalue weighted by molar-refractivity contribution is -0.113. The van der Waals surface area contributed by atoms with Crippen LogP contribution in [0.3, 0.4) is 0 Å². The van der Waals surface area contributed by atoms with Crippen molar-refractivity contribution in [2.45, 2.75) is 38.4 Å². The fourth-order valence-corrected chi connectivity index (χ4v) is 4.87. The number of thioether (sulfide) groups is 1. The van der Waals surface area contributed by atoms with Gasteiger partial charge in [-0.15, -0.1) is 11.8 Å². The average Bonchev–Trinajstić information content (AvgIpc) is 2.97. The Hall–Kier alpha value is -2.73. The highest BCUT2D eigenvalue weighted by molar-refractivity contribution is 8.00. The zero-order valence-corrected chi connectivity index (χ0v) is 18.2. The van der Waals surface area contributed by atoms with E-state index in [1.165, 1.54) is 12.8 Å². The van der Waals surface area contributed by atoms with Gasteiger partial charge in [0.15, 0.2) is 0 Å². The third-order valence-electron chi connectivity index (χ3n) is 5.21. The quantitative estimate of drug-likeness (QED) is 0.510. The van der Waals surface area contributed by atoms with Crippen LogP contribution in [0.1, 0.15) is 48.3 Å². The molecule has 1 aliphatic heterocycles. The smallest absolute Gasteiger partial charge is 0.235 e. The summed E-state index contributed by atoms with van der Waals surface area (Å²) in [6.07, 6.45) is 3.45. The summed E-state index contributed by atoms with van der Waals surface area (Å²) in [7, 11) is 0. The van der Waals surface area contributed by atoms with E-state index in [1.54, 1.807) is 11.8 Å². The zero-order chi connectivity index (χ0) is 20.9. The van der Waals surface area contributed by atoms with Crippen molar-refractivity contribution in [1.82, 2.24) is 9.78 Å². The van der Waals surface area contributed by atoms with Crippen LogP contribution in [0.2, 0.25) is 0 Å². The van der Waals surface area contributed by atoms with Crippen LogP contribution in [0.25, 0.3) is 5.69 Å². The summed E-state index contributed by atoms with van der Waals surface area (Å²) in [5, 5.41) is 7.86. The zero-order valence-electron chi connectivity index (χ0n) is 17.4. The van der Waals surface area contributed by atoms with Crippen molar-refractivity contribution in [3.63, 3.8) is 0 Å². The van der Waals surface area contributed by atoms with Gasteiger partial charge in [0, 0.05) is 5.56 Å². The highest BCUT2D eigenvalue weighted by atomic mass is 32.2. The van der Waals surface area contributed by atoms with Crippen molar-refractivity contribution >= 4 is 23.5 Å². The lowest BCUT2D eigenvalue weighted by Crippen LogP contribution is -2.15. The molecule has 1 atom stereocenters. The summed E-state index contributed by atoms with van der Waals surface area (Å²) in [5.74, 6) is 2.05. The molecule has 3 aromatic rings. The number of aromatic nitrogens is 2. The number of ether oxygens (including phenoxy) is 1. The molecule has 5 nitrogen and oxygen atoms in total. The fraction of sp³-hybridized carbons (Fsp3) is 0.333. The molecule has 1 amide bonds. The van der Waals surface area contributed by atoms with Gasteiger partial charge in [0.2, 0.25) is 5.91 Å². The minimum atomic E-state index is -0.00305. The first kappa shape index (κ1) is 20.5. The third kappa shape index (κ3) is 4.38.